The fourth-order valence-electron chi connectivity index (χ4n) is 2.79. The molecule has 22 heavy (non-hydrogen) atoms. The Balaban J connectivity index is 2.34. The highest BCUT2D eigenvalue weighted by atomic mass is 16.5. The van der Waals surface area contributed by atoms with E-state index in [0.717, 1.165) is 23.9 Å². The van der Waals surface area contributed by atoms with Crippen molar-refractivity contribution in [2.24, 2.45) is 0 Å². The van der Waals surface area contributed by atoms with Crippen molar-refractivity contribution in [2.75, 3.05) is 14.2 Å². The van der Waals surface area contributed by atoms with Gasteiger partial charge in [0.1, 0.15) is 0 Å². The minimum absolute atomic E-state index is 0.0163. The summed E-state index contributed by atoms with van der Waals surface area (Å²) in [6, 6.07) is 9.55. The van der Waals surface area contributed by atoms with Crippen LogP contribution in [0.25, 0.3) is 21.8 Å². The van der Waals surface area contributed by atoms with Gasteiger partial charge in [0.2, 0.25) is 0 Å². The molecule has 0 fully saturated rings. The molecule has 1 aromatic heterocycles. The summed E-state index contributed by atoms with van der Waals surface area (Å²) >= 11 is 0. The van der Waals surface area contributed by atoms with Gasteiger partial charge >= 0.3 is 0 Å². The van der Waals surface area contributed by atoms with Crippen LogP contribution in [0.3, 0.4) is 0 Å². The van der Waals surface area contributed by atoms with Crippen molar-refractivity contribution in [2.45, 2.75) is 19.8 Å². The van der Waals surface area contributed by atoms with E-state index in [0.29, 0.717) is 22.3 Å². The van der Waals surface area contributed by atoms with Crippen LogP contribution in [0.1, 0.15) is 18.9 Å². The molecule has 4 heteroatoms. The molecular weight excluding hydrogens is 278 g/mol. The van der Waals surface area contributed by atoms with Gasteiger partial charge in [0, 0.05) is 17.0 Å². The van der Waals surface area contributed by atoms with Crippen molar-refractivity contribution in [1.82, 2.24) is 4.98 Å². The number of ether oxygens (including phenoxy) is 2. The predicted octanol–water partition coefficient (Wildman–Crippen LogP) is 3.65. The van der Waals surface area contributed by atoms with Gasteiger partial charge in [-0.15, -0.1) is 0 Å². The maximum atomic E-state index is 12.8. The van der Waals surface area contributed by atoms with Gasteiger partial charge in [-0.25, -0.2) is 0 Å². The zero-order valence-electron chi connectivity index (χ0n) is 13.0. The molecule has 2 aromatic carbocycles. The first kappa shape index (κ1) is 14.4. The quantitative estimate of drug-likeness (QED) is 0.748. The Morgan fingerprint density at radius 1 is 0.955 bits per heavy atom. The number of rotatable bonds is 4. The Labute approximate surface area is 128 Å². The summed E-state index contributed by atoms with van der Waals surface area (Å²) in [6.45, 7) is 2.13. The standard InChI is InChI=1S/C18H19NO3/c1-4-5-11-6-7-14-12(8-11)18(20)13-9-16(21-2)17(22-3)10-15(13)19-14/h6-10H,4-5H2,1-3H3,(H,19,20). The first-order valence-corrected chi connectivity index (χ1v) is 7.38. The van der Waals surface area contributed by atoms with E-state index in [-0.39, 0.29) is 5.43 Å². The summed E-state index contributed by atoms with van der Waals surface area (Å²) in [7, 11) is 3.15. The highest BCUT2D eigenvalue weighted by molar-refractivity contribution is 5.94. The summed E-state index contributed by atoms with van der Waals surface area (Å²) < 4.78 is 10.6. The number of pyridine rings is 1. The fraction of sp³-hybridized carbons (Fsp3) is 0.278. The third-order valence-electron chi connectivity index (χ3n) is 3.90. The molecule has 0 atom stereocenters. The van der Waals surface area contributed by atoms with Gasteiger partial charge < -0.3 is 14.5 Å². The number of hydrogen-bond acceptors (Lipinski definition) is 3. The lowest BCUT2D eigenvalue weighted by Crippen LogP contribution is -2.05. The van der Waals surface area contributed by atoms with E-state index in [9.17, 15) is 4.79 Å². The second-order valence-corrected chi connectivity index (χ2v) is 5.34. The summed E-state index contributed by atoms with van der Waals surface area (Å²) in [6.07, 6.45) is 2.03. The van der Waals surface area contributed by atoms with Gasteiger partial charge in [0.25, 0.3) is 0 Å². The number of benzene rings is 2. The maximum absolute atomic E-state index is 12.8. The number of fused-ring (bicyclic) bond motifs is 2. The van der Waals surface area contributed by atoms with E-state index in [1.807, 2.05) is 12.1 Å². The van der Waals surface area contributed by atoms with Crippen molar-refractivity contribution in [1.29, 1.82) is 0 Å². The Morgan fingerprint density at radius 3 is 2.32 bits per heavy atom. The summed E-state index contributed by atoms with van der Waals surface area (Å²) in [5, 5.41) is 1.32. The molecule has 0 amide bonds. The molecule has 0 aliphatic carbocycles. The largest absolute Gasteiger partial charge is 0.493 e. The molecule has 1 N–H and O–H groups in total. The number of methoxy groups -OCH3 is 2. The van der Waals surface area contributed by atoms with Crippen LogP contribution in [0.2, 0.25) is 0 Å². The summed E-state index contributed by atoms with van der Waals surface area (Å²) in [5.41, 5.74) is 2.78. The average Bonchev–Trinajstić information content (AvgIpc) is 2.55. The van der Waals surface area contributed by atoms with Gasteiger partial charge in [0.05, 0.1) is 25.1 Å². The molecule has 3 aromatic rings. The Kier molecular flexibility index (Phi) is 3.75. The second-order valence-electron chi connectivity index (χ2n) is 5.34. The molecule has 1 heterocycles. The zero-order valence-corrected chi connectivity index (χ0v) is 13.0. The van der Waals surface area contributed by atoms with Gasteiger partial charge in [0.15, 0.2) is 16.9 Å². The van der Waals surface area contributed by atoms with Crippen LogP contribution >= 0.6 is 0 Å². The van der Waals surface area contributed by atoms with Crippen molar-refractivity contribution < 1.29 is 9.47 Å². The van der Waals surface area contributed by atoms with Crippen LogP contribution in [0, 0.1) is 0 Å². The number of aryl methyl sites for hydroxylation is 1. The van der Waals surface area contributed by atoms with Gasteiger partial charge in [-0.3, -0.25) is 4.79 Å². The molecule has 114 valence electrons. The molecule has 0 bridgehead atoms. The molecule has 4 nitrogen and oxygen atoms in total. The monoisotopic (exact) mass is 297 g/mol. The van der Waals surface area contributed by atoms with E-state index in [2.05, 4.69) is 18.0 Å². The SMILES string of the molecule is CCCc1ccc2[nH]c3cc(OC)c(OC)cc3c(=O)c2c1. The molecule has 0 aliphatic heterocycles. The van der Waals surface area contributed by atoms with E-state index < -0.39 is 0 Å². The van der Waals surface area contributed by atoms with Crippen LogP contribution in [0.5, 0.6) is 11.5 Å². The minimum atomic E-state index is 0.0163. The lowest BCUT2D eigenvalue weighted by molar-refractivity contribution is 0.356. The molecule has 0 saturated carbocycles. The molecule has 0 unspecified atom stereocenters. The Hall–Kier alpha value is -2.49. The number of nitrogens with one attached hydrogen (secondary N) is 1. The highest BCUT2D eigenvalue weighted by Crippen LogP contribution is 2.31. The lowest BCUT2D eigenvalue weighted by Gasteiger charge is -2.10. The van der Waals surface area contributed by atoms with Crippen LogP contribution in [0.15, 0.2) is 35.1 Å². The summed E-state index contributed by atoms with van der Waals surface area (Å²) in [5.74, 6) is 1.16. The van der Waals surface area contributed by atoms with Crippen LogP contribution in [-0.4, -0.2) is 19.2 Å². The third-order valence-corrected chi connectivity index (χ3v) is 3.90. The van der Waals surface area contributed by atoms with Crippen LogP contribution < -0.4 is 14.9 Å². The average molecular weight is 297 g/mol. The van der Waals surface area contributed by atoms with Crippen LogP contribution in [-0.2, 0) is 6.42 Å². The molecule has 0 saturated heterocycles. The van der Waals surface area contributed by atoms with Gasteiger partial charge in [-0.2, -0.15) is 0 Å². The van der Waals surface area contributed by atoms with Crippen molar-refractivity contribution >= 4 is 21.8 Å². The number of H-pyrrole nitrogens is 1. The maximum Gasteiger partial charge on any atom is 0.197 e. The second kappa shape index (κ2) is 5.72. The number of hydrogen-bond donors (Lipinski definition) is 1. The minimum Gasteiger partial charge on any atom is -0.493 e. The first-order valence-electron chi connectivity index (χ1n) is 7.38. The van der Waals surface area contributed by atoms with E-state index >= 15 is 0 Å². The Morgan fingerprint density at radius 2 is 1.64 bits per heavy atom. The smallest absolute Gasteiger partial charge is 0.197 e. The number of aromatic nitrogens is 1. The Bertz CT molecular complexity index is 896. The topological polar surface area (TPSA) is 51.3 Å². The normalized spacial score (nSPS) is 11.0. The third kappa shape index (κ3) is 2.30. The van der Waals surface area contributed by atoms with Crippen molar-refractivity contribution in [3.05, 3.63) is 46.1 Å². The molecule has 0 radical (unpaired) electrons. The predicted molar refractivity (Wildman–Crippen MR) is 89.2 cm³/mol. The van der Waals surface area contributed by atoms with E-state index in [1.54, 1.807) is 26.4 Å². The first-order chi connectivity index (χ1) is 10.7. The number of aromatic amines is 1. The van der Waals surface area contributed by atoms with Crippen molar-refractivity contribution in [3.8, 4) is 11.5 Å². The van der Waals surface area contributed by atoms with Gasteiger partial charge in [-0.05, 0) is 30.2 Å². The molecule has 3 rings (SSSR count). The van der Waals surface area contributed by atoms with E-state index in [4.69, 9.17) is 9.47 Å². The van der Waals surface area contributed by atoms with Crippen LogP contribution in [0.4, 0.5) is 0 Å². The molecular formula is C18H19NO3. The van der Waals surface area contributed by atoms with E-state index in [1.165, 1.54) is 5.56 Å². The highest BCUT2D eigenvalue weighted by Gasteiger charge is 2.11. The fourth-order valence-corrected chi connectivity index (χ4v) is 2.79. The lowest BCUT2D eigenvalue weighted by atomic mass is 10.0. The van der Waals surface area contributed by atoms with Gasteiger partial charge in [-0.1, -0.05) is 19.4 Å². The zero-order chi connectivity index (χ0) is 15.7. The molecule has 0 aliphatic rings. The van der Waals surface area contributed by atoms with Crippen molar-refractivity contribution in [3.63, 3.8) is 0 Å². The summed E-state index contributed by atoms with van der Waals surface area (Å²) in [4.78, 5) is 16.1. The molecule has 0 spiro atoms.